The summed E-state index contributed by atoms with van der Waals surface area (Å²) in [5.74, 6) is 0.696. The Labute approximate surface area is 197 Å². The van der Waals surface area contributed by atoms with E-state index in [0.717, 1.165) is 29.8 Å². The third-order valence-corrected chi connectivity index (χ3v) is 5.75. The second-order valence-corrected chi connectivity index (χ2v) is 8.55. The first-order chi connectivity index (χ1) is 14.4. The van der Waals surface area contributed by atoms with Crippen molar-refractivity contribution in [1.29, 1.82) is 0 Å². The van der Waals surface area contributed by atoms with Gasteiger partial charge in [0.2, 0.25) is 0 Å². The van der Waals surface area contributed by atoms with E-state index in [1.165, 1.54) is 5.56 Å². The molecule has 3 nitrogen and oxygen atoms in total. The van der Waals surface area contributed by atoms with Crippen LogP contribution in [0.2, 0.25) is 5.02 Å². The van der Waals surface area contributed by atoms with E-state index in [9.17, 15) is 5.11 Å². The van der Waals surface area contributed by atoms with Crippen molar-refractivity contribution in [3.8, 4) is 5.75 Å². The van der Waals surface area contributed by atoms with Crippen LogP contribution in [0, 0.1) is 5.92 Å². The van der Waals surface area contributed by atoms with E-state index < -0.39 is 5.60 Å². The molecule has 2 unspecified atom stereocenters. The molecule has 3 aromatic rings. The molecular formula is C26H31Cl2NO2. The Morgan fingerprint density at radius 3 is 2.26 bits per heavy atom. The van der Waals surface area contributed by atoms with Gasteiger partial charge < -0.3 is 14.7 Å². The average molecular weight is 460 g/mol. The van der Waals surface area contributed by atoms with Crippen LogP contribution < -0.4 is 4.74 Å². The fourth-order valence-corrected chi connectivity index (χ4v) is 4.27. The summed E-state index contributed by atoms with van der Waals surface area (Å²) in [6, 6.07) is 25.9. The van der Waals surface area contributed by atoms with Crippen molar-refractivity contribution < 1.29 is 9.84 Å². The van der Waals surface area contributed by atoms with Crippen LogP contribution in [0.15, 0.2) is 78.9 Å². The molecule has 0 amide bonds. The maximum atomic E-state index is 12.3. The Hall–Kier alpha value is -2.04. The summed E-state index contributed by atoms with van der Waals surface area (Å²) in [7, 11) is 5.74. The largest absolute Gasteiger partial charge is 0.497 e. The highest BCUT2D eigenvalue weighted by atomic mass is 35.5. The van der Waals surface area contributed by atoms with Crippen LogP contribution in [0.4, 0.5) is 0 Å². The zero-order chi connectivity index (χ0) is 21.6. The maximum Gasteiger partial charge on any atom is 0.119 e. The zero-order valence-corrected chi connectivity index (χ0v) is 19.9. The summed E-state index contributed by atoms with van der Waals surface area (Å²) < 4.78 is 5.46. The summed E-state index contributed by atoms with van der Waals surface area (Å²) in [6.45, 7) is 0.739. The smallest absolute Gasteiger partial charge is 0.119 e. The van der Waals surface area contributed by atoms with E-state index in [1.54, 1.807) is 7.11 Å². The molecule has 0 saturated carbocycles. The maximum absolute atomic E-state index is 12.3. The molecule has 0 heterocycles. The Morgan fingerprint density at radius 2 is 1.61 bits per heavy atom. The van der Waals surface area contributed by atoms with Gasteiger partial charge in [-0.05, 0) is 61.5 Å². The van der Waals surface area contributed by atoms with Gasteiger partial charge in [-0.1, -0.05) is 66.2 Å². The Balaban J connectivity index is 0.00000341. The summed E-state index contributed by atoms with van der Waals surface area (Å²) >= 11 is 6.25. The molecule has 0 aliphatic rings. The molecule has 2 atom stereocenters. The van der Waals surface area contributed by atoms with Gasteiger partial charge in [-0.25, -0.2) is 0 Å². The van der Waals surface area contributed by atoms with Gasteiger partial charge in [0.25, 0.3) is 0 Å². The molecule has 0 aliphatic carbocycles. The van der Waals surface area contributed by atoms with Gasteiger partial charge in [0.1, 0.15) is 5.75 Å². The lowest BCUT2D eigenvalue weighted by Crippen LogP contribution is -2.43. The topological polar surface area (TPSA) is 32.7 Å². The van der Waals surface area contributed by atoms with Crippen LogP contribution in [0.25, 0.3) is 0 Å². The predicted molar refractivity (Wildman–Crippen MR) is 131 cm³/mol. The standard InChI is InChI=1S/C26H30ClNO2.ClH/c1-28(2)19-23(15-20-9-5-4-6-10-20)26(29,18-21-11-7-13-24(27)16-21)22-12-8-14-25(17-22)30-3;/h4-14,16-17,23,29H,15,18-19H2,1-3H3;1H. The molecule has 0 bridgehead atoms. The molecular weight excluding hydrogens is 429 g/mol. The lowest BCUT2D eigenvalue weighted by Gasteiger charge is -2.39. The van der Waals surface area contributed by atoms with Crippen LogP contribution in [0.3, 0.4) is 0 Å². The van der Waals surface area contributed by atoms with Crippen LogP contribution in [-0.2, 0) is 18.4 Å². The van der Waals surface area contributed by atoms with Crippen molar-refractivity contribution in [1.82, 2.24) is 4.90 Å². The van der Waals surface area contributed by atoms with E-state index in [1.807, 2.05) is 80.8 Å². The quantitative estimate of drug-likeness (QED) is 0.450. The van der Waals surface area contributed by atoms with Crippen LogP contribution >= 0.6 is 24.0 Å². The van der Waals surface area contributed by atoms with Crippen molar-refractivity contribution in [2.75, 3.05) is 27.7 Å². The summed E-state index contributed by atoms with van der Waals surface area (Å²) in [5, 5.41) is 13.0. The van der Waals surface area contributed by atoms with Crippen molar-refractivity contribution in [3.63, 3.8) is 0 Å². The van der Waals surface area contributed by atoms with Crippen molar-refractivity contribution in [2.24, 2.45) is 5.92 Å². The van der Waals surface area contributed by atoms with E-state index in [0.29, 0.717) is 11.4 Å². The predicted octanol–water partition coefficient (Wildman–Crippen LogP) is 5.62. The molecule has 166 valence electrons. The number of rotatable bonds is 9. The average Bonchev–Trinajstić information content (AvgIpc) is 2.73. The molecule has 3 rings (SSSR count). The molecule has 31 heavy (non-hydrogen) atoms. The first-order valence-corrected chi connectivity index (χ1v) is 10.6. The fraction of sp³-hybridized carbons (Fsp3) is 0.308. The van der Waals surface area contributed by atoms with E-state index >= 15 is 0 Å². The second-order valence-electron chi connectivity index (χ2n) is 8.11. The lowest BCUT2D eigenvalue weighted by atomic mass is 9.74. The minimum absolute atomic E-state index is 0. The lowest BCUT2D eigenvalue weighted by molar-refractivity contribution is -0.0331. The number of ether oxygens (including phenoxy) is 1. The summed E-state index contributed by atoms with van der Waals surface area (Å²) in [5.41, 5.74) is 1.96. The molecule has 0 fully saturated rings. The van der Waals surface area contributed by atoms with Gasteiger partial charge in [0, 0.05) is 23.9 Å². The van der Waals surface area contributed by atoms with Crippen LogP contribution in [0.5, 0.6) is 5.75 Å². The monoisotopic (exact) mass is 459 g/mol. The Bertz CT molecular complexity index is 949. The molecule has 0 aromatic heterocycles. The van der Waals surface area contributed by atoms with Crippen molar-refractivity contribution in [2.45, 2.75) is 18.4 Å². The third-order valence-electron chi connectivity index (χ3n) is 5.52. The fourth-order valence-electron chi connectivity index (χ4n) is 4.06. The van der Waals surface area contributed by atoms with E-state index in [2.05, 4.69) is 17.0 Å². The minimum atomic E-state index is -1.10. The number of hydrogen-bond acceptors (Lipinski definition) is 3. The van der Waals surface area contributed by atoms with Crippen LogP contribution in [-0.4, -0.2) is 37.8 Å². The molecule has 3 aromatic carbocycles. The third kappa shape index (κ3) is 6.72. The summed E-state index contributed by atoms with van der Waals surface area (Å²) in [6.07, 6.45) is 1.22. The highest BCUT2D eigenvalue weighted by molar-refractivity contribution is 6.30. The zero-order valence-electron chi connectivity index (χ0n) is 18.3. The normalized spacial score (nSPS) is 13.9. The first kappa shape index (κ1) is 25.2. The molecule has 0 spiro atoms. The number of aliphatic hydroxyl groups is 1. The van der Waals surface area contributed by atoms with Gasteiger partial charge in [-0.2, -0.15) is 0 Å². The van der Waals surface area contributed by atoms with E-state index in [-0.39, 0.29) is 18.3 Å². The highest BCUT2D eigenvalue weighted by Gasteiger charge is 2.39. The van der Waals surface area contributed by atoms with Gasteiger partial charge in [0.05, 0.1) is 12.7 Å². The van der Waals surface area contributed by atoms with Gasteiger partial charge in [0.15, 0.2) is 0 Å². The highest BCUT2D eigenvalue weighted by Crippen LogP contribution is 2.38. The van der Waals surface area contributed by atoms with Crippen molar-refractivity contribution >= 4 is 24.0 Å². The molecule has 1 N–H and O–H groups in total. The Morgan fingerprint density at radius 1 is 0.935 bits per heavy atom. The molecule has 0 saturated heterocycles. The molecule has 0 radical (unpaired) electrons. The Kier molecular flexibility index (Phi) is 9.39. The number of halogens is 2. The first-order valence-electron chi connectivity index (χ1n) is 10.2. The SMILES string of the molecule is COc1cccc(C(O)(Cc2cccc(Cl)c2)C(Cc2ccccc2)CN(C)C)c1.Cl. The van der Waals surface area contributed by atoms with Gasteiger partial charge in [-0.3, -0.25) is 0 Å². The van der Waals surface area contributed by atoms with E-state index in [4.69, 9.17) is 16.3 Å². The number of hydrogen-bond donors (Lipinski definition) is 1. The van der Waals surface area contributed by atoms with Gasteiger partial charge in [-0.15, -0.1) is 12.4 Å². The minimum Gasteiger partial charge on any atom is -0.497 e. The number of nitrogens with zero attached hydrogens (tertiary/aromatic N) is 1. The van der Waals surface area contributed by atoms with Crippen LogP contribution in [0.1, 0.15) is 16.7 Å². The number of benzene rings is 3. The molecule has 5 heteroatoms. The number of methoxy groups -OCH3 is 1. The molecule has 0 aliphatic heterocycles. The second kappa shape index (κ2) is 11.5. The summed E-state index contributed by atoms with van der Waals surface area (Å²) in [4.78, 5) is 2.14. The van der Waals surface area contributed by atoms with Gasteiger partial charge >= 0.3 is 0 Å². The van der Waals surface area contributed by atoms with Crippen molar-refractivity contribution in [3.05, 3.63) is 101 Å².